The van der Waals surface area contributed by atoms with Crippen LogP contribution >= 0.6 is 0 Å². The number of hydrogen-bond donors (Lipinski definition) is 2. The monoisotopic (exact) mass is 297 g/mol. The number of aromatic nitrogens is 2. The molecule has 1 aliphatic carbocycles. The van der Waals surface area contributed by atoms with Crippen LogP contribution in [0.3, 0.4) is 0 Å². The molecule has 0 fully saturated rings. The lowest BCUT2D eigenvalue weighted by atomic mass is 9.89. The van der Waals surface area contributed by atoms with Crippen molar-refractivity contribution in [2.45, 2.75) is 38.6 Å². The highest BCUT2D eigenvalue weighted by Gasteiger charge is 2.15. The van der Waals surface area contributed by atoms with E-state index in [1.54, 1.807) is 0 Å². The summed E-state index contributed by atoms with van der Waals surface area (Å²) in [6, 6.07) is 9.06. The summed E-state index contributed by atoms with van der Waals surface area (Å²) >= 11 is 0. The maximum atomic E-state index is 12.1. The van der Waals surface area contributed by atoms with Crippen LogP contribution in [0.1, 0.15) is 53.0 Å². The van der Waals surface area contributed by atoms with Crippen LogP contribution < -0.4 is 10.9 Å². The average molecular weight is 297 g/mol. The van der Waals surface area contributed by atoms with Gasteiger partial charge < -0.3 is 5.32 Å². The molecule has 3 rings (SSSR count). The molecule has 1 aliphatic rings. The zero-order valence-electron chi connectivity index (χ0n) is 12.6. The molecular formula is C17H19N3O2. The van der Waals surface area contributed by atoms with Gasteiger partial charge in [-0.3, -0.25) is 9.59 Å². The molecule has 0 saturated carbocycles. The van der Waals surface area contributed by atoms with Crippen LogP contribution in [-0.2, 0) is 12.8 Å². The van der Waals surface area contributed by atoms with Gasteiger partial charge in [0.15, 0.2) is 0 Å². The van der Waals surface area contributed by atoms with E-state index < -0.39 is 0 Å². The zero-order chi connectivity index (χ0) is 15.5. The van der Waals surface area contributed by atoms with Gasteiger partial charge in [-0.2, -0.15) is 5.10 Å². The minimum Gasteiger partial charge on any atom is -0.344 e. The molecule has 2 N–H and O–H groups in total. The Hall–Kier alpha value is -2.43. The topological polar surface area (TPSA) is 74.8 Å². The third kappa shape index (κ3) is 3.08. The average Bonchev–Trinajstić information content (AvgIpc) is 2.55. The van der Waals surface area contributed by atoms with Gasteiger partial charge in [0, 0.05) is 6.07 Å². The minimum atomic E-state index is -0.320. The molecule has 2 aromatic rings. The first kappa shape index (κ1) is 14.5. The highest BCUT2D eigenvalue weighted by molar-refractivity contribution is 5.92. The molecular weight excluding hydrogens is 278 g/mol. The van der Waals surface area contributed by atoms with Crippen LogP contribution in [-0.4, -0.2) is 16.1 Å². The number of hydrogen-bond acceptors (Lipinski definition) is 3. The van der Waals surface area contributed by atoms with E-state index in [4.69, 9.17) is 0 Å². The summed E-state index contributed by atoms with van der Waals surface area (Å²) < 4.78 is 0. The fraction of sp³-hybridized carbons (Fsp3) is 0.353. The Morgan fingerprint density at radius 1 is 1.18 bits per heavy atom. The predicted molar refractivity (Wildman–Crippen MR) is 83.8 cm³/mol. The van der Waals surface area contributed by atoms with Crippen molar-refractivity contribution in [3.05, 3.63) is 63.1 Å². The Morgan fingerprint density at radius 2 is 1.95 bits per heavy atom. The van der Waals surface area contributed by atoms with E-state index >= 15 is 0 Å². The van der Waals surface area contributed by atoms with Crippen LogP contribution in [0, 0.1) is 0 Å². The van der Waals surface area contributed by atoms with Crippen LogP contribution in [0.15, 0.2) is 35.1 Å². The summed E-state index contributed by atoms with van der Waals surface area (Å²) in [7, 11) is 0. The van der Waals surface area contributed by atoms with Crippen molar-refractivity contribution in [3.63, 3.8) is 0 Å². The normalized spacial score (nSPS) is 15.0. The summed E-state index contributed by atoms with van der Waals surface area (Å²) in [6.07, 6.45) is 4.76. The fourth-order valence-electron chi connectivity index (χ4n) is 2.85. The second-order valence-electron chi connectivity index (χ2n) is 5.74. The maximum Gasteiger partial charge on any atom is 0.272 e. The van der Waals surface area contributed by atoms with Gasteiger partial charge in [-0.05, 0) is 55.4 Å². The Bertz CT molecular complexity index is 731. The SMILES string of the molecule is C[C@@H](NC(=O)c1ccc(=O)[nH]n1)c1ccc2c(c1)CCCC2. The lowest BCUT2D eigenvalue weighted by Gasteiger charge is -2.20. The Morgan fingerprint density at radius 3 is 2.68 bits per heavy atom. The van der Waals surface area contributed by atoms with E-state index in [1.807, 2.05) is 6.92 Å². The van der Waals surface area contributed by atoms with Crippen molar-refractivity contribution in [2.75, 3.05) is 0 Å². The van der Waals surface area contributed by atoms with Crippen LogP contribution in [0.25, 0.3) is 0 Å². The Kier molecular flexibility index (Phi) is 4.04. The molecule has 0 spiro atoms. The summed E-state index contributed by atoms with van der Waals surface area (Å²) in [4.78, 5) is 23.1. The molecule has 0 aliphatic heterocycles. The van der Waals surface area contributed by atoms with E-state index in [1.165, 1.54) is 36.1 Å². The van der Waals surface area contributed by atoms with E-state index in [9.17, 15) is 9.59 Å². The van der Waals surface area contributed by atoms with E-state index in [0.717, 1.165) is 18.4 Å². The van der Waals surface area contributed by atoms with Gasteiger partial charge in [0.25, 0.3) is 11.5 Å². The Balaban J connectivity index is 1.73. The highest BCUT2D eigenvalue weighted by Crippen LogP contribution is 2.24. The summed E-state index contributed by atoms with van der Waals surface area (Å²) in [6.45, 7) is 1.95. The quantitative estimate of drug-likeness (QED) is 0.911. The predicted octanol–water partition coefficient (Wildman–Crippen LogP) is 2.14. The number of benzene rings is 1. The van der Waals surface area contributed by atoms with Gasteiger partial charge in [0.05, 0.1) is 6.04 Å². The largest absolute Gasteiger partial charge is 0.344 e. The van der Waals surface area contributed by atoms with Gasteiger partial charge in [0.1, 0.15) is 5.69 Å². The molecule has 1 atom stereocenters. The molecule has 0 bridgehead atoms. The standard InChI is InChI=1S/C17H19N3O2/c1-11(18-17(22)15-8-9-16(21)20-19-15)13-7-6-12-4-2-3-5-14(12)10-13/h6-11H,2-5H2,1H3,(H,18,22)(H,20,21)/t11-/m1/s1. The van der Waals surface area contributed by atoms with Crippen LogP contribution in [0.2, 0.25) is 0 Å². The van der Waals surface area contributed by atoms with Crippen molar-refractivity contribution in [1.29, 1.82) is 0 Å². The molecule has 1 amide bonds. The molecule has 1 aromatic heterocycles. The first-order valence-corrected chi connectivity index (χ1v) is 7.62. The van der Waals surface area contributed by atoms with Gasteiger partial charge in [0.2, 0.25) is 0 Å². The molecule has 0 unspecified atom stereocenters. The number of carbonyl (C=O) groups excluding carboxylic acids is 1. The molecule has 114 valence electrons. The van der Waals surface area contributed by atoms with E-state index in [2.05, 4.69) is 33.7 Å². The van der Waals surface area contributed by atoms with Crippen molar-refractivity contribution in [3.8, 4) is 0 Å². The molecule has 22 heavy (non-hydrogen) atoms. The first-order valence-electron chi connectivity index (χ1n) is 7.62. The van der Waals surface area contributed by atoms with Crippen molar-refractivity contribution in [1.82, 2.24) is 15.5 Å². The van der Waals surface area contributed by atoms with E-state index in [-0.39, 0.29) is 23.2 Å². The van der Waals surface area contributed by atoms with E-state index in [0.29, 0.717) is 0 Å². The lowest BCUT2D eigenvalue weighted by molar-refractivity contribution is 0.0933. The van der Waals surface area contributed by atoms with Crippen molar-refractivity contribution in [2.24, 2.45) is 0 Å². The molecule has 5 heteroatoms. The van der Waals surface area contributed by atoms with Gasteiger partial charge >= 0.3 is 0 Å². The van der Waals surface area contributed by atoms with Crippen LogP contribution in [0.5, 0.6) is 0 Å². The molecule has 0 radical (unpaired) electrons. The summed E-state index contributed by atoms with van der Waals surface area (Å²) in [5.74, 6) is -0.290. The van der Waals surface area contributed by atoms with Crippen LogP contribution in [0.4, 0.5) is 0 Å². The summed E-state index contributed by atoms with van der Waals surface area (Å²) in [5, 5.41) is 8.93. The number of H-pyrrole nitrogens is 1. The number of carbonyl (C=O) groups is 1. The van der Waals surface area contributed by atoms with Gasteiger partial charge in [-0.1, -0.05) is 18.2 Å². The number of nitrogens with zero attached hydrogens (tertiary/aromatic N) is 1. The third-order valence-corrected chi connectivity index (χ3v) is 4.13. The second-order valence-corrected chi connectivity index (χ2v) is 5.74. The number of aromatic amines is 1. The number of aryl methyl sites for hydroxylation is 2. The zero-order valence-corrected chi connectivity index (χ0v) is 12.6. The number of fused-ring (bicyclic) bond motifs is 1. The first-order chi connectivity index (χ1) is 10.6. The van der Waals surface area contributed by atoms with Crippen molar-refractivity contribution >= 4 is 5.91 Å². The second kappa shape index (κ2) is 6.13. The molecule has 1 heterocycles. The maximum absolute atomic E-state index is 12.1. The van der Waals surface area contributed by atoms with Crippen molar-refractivity contribution < 1.29 is 4.79 Å². The summed E-state index contributed by atoms with van der Waals surface area (Å²) in [5.41, 5.74) is 3.81. The Labute approximate surface area is 128 Å². The number of amides is 1. The third-order valence-electron chi connectivity index (χ3n) is 4.13. The van der Waals surface area contributed by atoms with Gasteiger partial charge in [-0.25, -0.2) is 5.10 Å². The molecule has 0 saturated heterocycles. The fourth-order valence-corrected chi connectivity index (χ4v) is 2.85. The number of rotatable bonds is 3. The smallest absolute Gasteiger partial charge is 0.272 e. The van der Waals surface area contributed by atoms with Gasteiger partial charge in [-0.15, -0.1) is 0 Å². The lowest BCUT2D eigenvalue weighted by Crippen LogP contribution is -2.28. The number of nitrogens with one attached hydrogen (secondary N) is 2. The highest BCUT2D eigenvalue weighted by atomic mass is 16.2. The molecule has 5 nitrogen and oxygen atoms in total. The molecule has 1 aromatic carbocycles. The minimum absolute atomic E-state index is 0.103.